The SMILES string of the molecule is N#CCCC(=O)c1ccc(-c2nc(Nc3ccc(N4CCC(N5CCCC5=O)CC4)cc3)ncc2F)cc1. The third-order valence-corrected chi connectivity index (χ3v) is 7.19. The number of amides is 1. The molecule has 1 amide bonds. The number of aromatic nitrogens is 2. The lowest BCUT2D eigenvalue weighted by atomic mass is 10.0. The minimum absolute atomic E-state index is 0.127. The van der Waals surface area contributed by atoms with Crippen LogP contribution in [0.5, 0.6) is 0 Å². The molecular formula is C29H29FN6O2. The summed E-state index contributed by atoms with van der Waals surface area (Å²) in [5, 5.41) is 11.8. The molecule has 0 unspecified atom stereocenters. The van der Waals surface area contributed by atoms with E-state index in [0.29, 0.717) is 29.5 Å². The molecule has 2 aliphatic heterocycles. The Kier molecular flexibility index (Phi) is 7.59. The van der Waals surface area contributed by atoms with Gasteiger partial charge in [0.1, 0.15) is 5.69 Å². The lowest BCUT2D eigenvalue weighted by Gasteiger charge is -2.37. The van der Waals surface area contributed by atoms with Gasteiger partial charge in [-0.1, -0.05) is 24.3 Å². The summed E-state index contributed by atoms with van der Waals surface area (Å²) in [5.74, 6) is -0.129. The number of ketones is 1. The monoisotopic (exact) mass is 512 g/mol. The van der Waals surface area contributed by atoms with Gasteiger partial charge in [0, 0.05) is 67.4 Å². The average Bonchev–Trinajstić information content (AvgIpc) is 3.39. The molecule has 8 nitrogen and oxygen atoms in total. The zero-order valence-electron chi connectivity index (χ0n) is 21.1. The number of carbonyl (C=O) groups excluding carboxylic acids is 2. The summed E-state index contributed by atoms with van der Waals surface area (Å²) in [7, 11) is 0. The fraction of sp³-hybridized carbons (Fsp3) is 0.345. The van der Waals surface area contributed by atoms with E-state index in [9.17, 15) is 14.0 Å². The Morgan fingerprint density at radius 1 is 1.08 bits per heavy atom. The first kappa shape index (κ1) is 25.3. The molecule has 1 aromatic heterocycles. The van der Waals surface area contributed by atoms with E-state index in [1.165, 1.54) is 0 Å². The van der Waals surface area contributed by atoms with Crippen LogP contribution in [-0.4, -0.2) is 52.2 Å². The number of carbonyl (C=O) groups is 2. The normalized spacial score (nSPS) is 15.9. The standard InChI is InChI=1S/C29H29FN6O2/c30-25-19-32-29(34-28(25)21-7-5-20(6-8-21)26(37)3-1-15-31)33-22-9-11-23(12-10-22)35-17-13-24(14-18-35)36-16-2-4-27(36)38/h5-12,19,24H,1-4,13-14,16-18H2,(H,32,33,34). The van der Waals surface area contributed by atoms with Crippen LogP contribution in [0.15, 0.2) is 54.7 Å². The molecular weight excluding hydrogens is 483 g/mol. The van der Waals surface area contributed by atoms with Gasteiger partial charge in [0.2, 0.25) is 11.9 Å². The number of benzene rings is 2. The Bertz CT molecular complexity index is 1340. The maximum atomic E-state index is 14.5. The maximum absolute atomic E-state index is 14.5. The lowest BCUT2D eigenvalue weighted by Crippen LogP contribution is -2.45. The summed E-state index contributed by atoms with van der Waals surface area (Å²) in [6, 6.07) is 16.8. The number of nitriles is 1. The highest BCUT2D eigenvalue weighted by Gasteiger charge is 2.30. The highest BCUT2D eigenvalue weighted by Crippen LogP contribution is 2.28. The summed E-state index contributed by atoms with van der Waals surface area (Å²) < 4.78 is 14.5. The predicted octanol–water partition coefficient (Wildman–Crippen LogP) is 5.10. The van der Waals surface area contributed by atoms with Gasteiger partial charge in [0.25, 0.3) is 0 Å². The van der Waals surface area contributed by atoms with Crippen molar-refractivity contribution in [3.8, 4) is 17.3 Å². The minimum atomic E-state index is -0.562. The molecule has 0 saturated carbocycles. The van der Waals surface area contributed by atoms with E-state index >= 15 is 0 Å². The van der Waals surface area contributed by atoms with Crippen LogP contribution in [-0.2, 0) is 4.79 Å². The molecule has 9 heteroatoms. The molecule has 0 spiro atoms. The molecule has 38 heavy (non-hydrogen) atoms. The fourth-order valence-electron chi connectivity index (χ4n) is 5.13. The second-order valence-corrected chi connectivity index (χ2v) is 9.63. The van der Waals surface area contributed by atoms with E-state index in [2.05, 4.69) is 25.1 Å². The summed E-state index contributed by atoms with van der Waals surface area (Å²) in [4.78, 5) is 37.0. The molecule has 0 aliphatic carbocycles. The van der Waals surface area contributed by atoms with E-state index < -0.39 is 5.82 Å². The Morgan fingerprint density at radius 3 is 2.47 bits per heavy atom. The van der Waals surface area contributed by atoms with Crippen LogP contribution in [0.25, 0.3) is 11.3 Å². The molecule has 0 bridgehead atoms. The zero-order chi connectivity index (χ0) is 26.5. The Balaban J connectivity index is 1.21. The first-order chi connectivity index (χ1) is 18.5. The van der Waals surface area contributed by atoms with Crippen LogP contribution < -0.4 is 10.2 Å². The van der Waals surface area contributed by atoms with Gasteiger partial charge < -0.3 is 15.1 Å². The third kappa shape index (κ3) is 5.65. The fourth-order valence-corrected chi connectivity index (χ4v) is 5.13. The number of nitrogens with zero attached hydrogens (tertiary/aromatic N) is 5. The van der Waals surface area contributed by atoms with Crippen molar-refractivity contribution in [2.45, 2.75) is 44.6 Å². The largest absolute Gasteiger partial charge is 0.371 e. The third-order valence-electron chi connectivity index (χ3n) is 7.19. The van der Waals surface area contributed by atoms with Crippen molar-refractivity contribution in [3.63, 3.8) is 0 Å². The predicted molar refractivity (Wildman–Crippen MR) is 143 cm³/mol. The molecule has 1 N–H and O–H groups in total. The summed E-state index contributed by atoms with van der Waals surface area (Å²) in [5.41, 5.74) is 3.04. The van der Waals surface area contributed by atoms with Gasteiger partial charge in [-0.3, -0.25) is 9.59 Å². The highest BCUT2D eigenvalue weighted by atomic mass is 19.1. The number of likely N-dealkylation sites (tertiary alicyclic amines) is 1. The Morgan fingerprint density at radius 2 is 1.82 bits per heavy atom. The second-order valence-electron chi connectivity index (χ2n) is 9.63. The van der Waals surface area contributed by atoms with E-state index in [1.807, 2.05) is 30.3 Å². The molecule has 0 radical (unpaired) electrons. The molecule has 0 atom stereocenters. The number of piperidine rings is 1. The van der Waals surface area contributed by atoms with Crippen molar-refractivity contribution in [1.82, 2.24) is 14.9 Å². The highest BCUT2D eigenvalue weighted by molar-refractivity contribution is 5.96. The van der Waals surface area contributed by atoms with E-state index in [-0.39, 0.29) is 30.3 Å². The van der Waals surface area contributed by atoms with Crippen LogP contribution in [0.4, 0.5) is 21.7 Å². The lowest BCUT2D eigenvalue weighted by molar-refractivity contribution is -0.130. The molecule has 3 heterocycles. The van der Waals surface area contributed by atoms with Crippen molar-refractivity contribution in [2.75, 3.05) is 29.9 Å². The van der Waals surface area contributed by atoms with Gasteiger partial charge in [0.15, 0.2) is 11.6 Å². The Hall–Kier alpha value is -4.32. The van der Waals surface area contributed by atoms with Crippen LogP contribution in [0.3, 0.4) is 0 Å². The van der Waals surface area contributed by atoms with Crippen molar-refractivity contribution >= 4 is 29.0 Å². The van der Waals surface area contributed by atoms with E-state index in [1.54, 1.807) is 24.3 Å². The summed E-state index contributed by atoms with van der Waals surface area (Å²) in [6.45, 7) is 2.72. The number of hydrogen-bond donors (Lipinski definition) is 1. The number of halogens is 1. The van der Waals surface area contributed by atoms with E-state index in [4.69, 9.17) is 5.26 Å². The molecule has 2 saturated heterocycles. The molecule has 2 aliphatic rings. The van der Waals surface area contributed by atoms with Crippen LogP contribution in [0.1, 0.15) is 48.9 Å². The van der Waals surface area contributed by atoms with Crippen molar-refractivity contribution in [3.05, 3.63) is 66.1 Å². The zero-order valence-corrected chi connectivity index (χ0v) is 21.1. The van der Waals surface area contributed by atoms with Gasteiger partial charge >= 0.3 is 0 Å². The van der Waals surface area contributed by atoms with Gasteiger partial charge in [0.05, 0.1) is 12.3 Å². The number of hydrogen-bond acceptors (Lipinski definition) is 7. The molecule has 194 valence electrons. The van der Waals surface area contributed by atoms with Crippen molar-refractivity contribution in [2.24, 2.45) is 0 Å². The number of rotatable bonds is 8. The van der Waals surface area contributed by atoms with E-state index in [0.717, 1.165) is 56.5 Å². The van der Waals surface area contributed by atoms with Crippen LogP contribution in [0, 0.1) is 17.1 Å². The molecule has 2 fully saturated rings. The summed E-state index contributed by atoms with van der Waals surface area (Å²) >= 11 is 0. The number of anilines is 3. The smallest absolute Gasteiger partial charge is 0.227 e. The molecule has 3 aromatic rings. The second kappa shape index (κ2) is 11.4. The van der Waals surface area contributed by atoms with Gasteiger partial charge in [-0.15, -0.1) is 0 Å². The van der Waals surface area contributed by atoms with Gasteiger partial charge in [-0.2, -0.15) is 5.26 Å². The summed E-state index contributed by atoms with van der Waals surface area (Å²) in [6.07, 6.45) is 5.06. The van der Waals surface area contributed by atoms with Gasteiger partial charge in [-0.05, 0) is 43.5 Å². The molecule has 5 rings (SSSR count). The maximum Gasteiger partial charge on any atom is 0.227 e. The average molecular weight is 513 g/mol. The number of nitrogens with one attached hydrogen (secondary N) is 1. The van der Waals surface area contributed by atoms with Crippen LogP contribution in [0.2, 0.25) is 0 Å². The van der Waals surface area contributed by atoms with Gasteiger partial charge in [-0.25, -0.2) is 14.4 Å². The Labute approximate surface area is 221 Å². The minimum Gasteiger partial charge on any atom is -0.371 e. The van der Waals surface area contributed by atoms with Crippen molar-refractivity contribution < 1.29 is 14.0 Å². The van der Waals surface area contributed by atoms with Crippen LogP contribution >= 0.6 is 0 Å². The van der Waals surface area contributed by atoms with Crippen molar-refractivity contribution in [1.29, 1.82) is 5.26 Å². The topological polar surface area (TPSA) is 102 Å². The first-order valence-electron chi connectivity index (χ1n) is 13.0. The number of Topliss-reactive ketones (excluding diaryl/α,β-unsaturated/α-hetero) is 1. The molecule has 2 aromatic carbocycles. The first-order valence-corrected chi connectivity index (χ1v) is 13.0. The quantitative estimate of drug-likeness (QED) is 0.419.